The molecule has 0 unspecified atom stereocenters. The Balaban J connectivity index is 2.18. The Labute approximate surface area is 160 Å². The van der Waals surface area contributed by atoms with Crippen LogP contribution < -0.4 is 10.6 Å². The van der Waals surface area contributed by atoms with Crippen molar-refractivity contribution in [2.24, 2.45) is 0 Å². The Bertz CT molecular complexity index is 895. The molecule has 0 fully saturated rings. The molecule has 0 spiro atoms. The summed E-state index contributed by atoms with van der Waals surface area (Å²) >= 11 is 0. The molecule has 2 aromatic carbocycles. The third-order valence-corrected chi connectivity index (χ3v) is 3.87. The quantitative estimate of drug-likeness (QED) is 0.427. The van der Waals surface area contributed by atoms with Crippen LogP contribution in [0.5, 0.6) is 0 Å². The Morgan fingerprint density at radius 1 is 1.11 bits per heavy atom. The van der Waals surface area contributed by atoms with Crippen molar-refractivity contribution in [1.29, 1.82) is 0 Å². The lowest BCUT2D eigenvalue weighted by Gasteiger charge is -2.17. The number of rotatable bonds is 7. The lowest BCUT2D eigenvalue weighted by molar-refractivity contribution is -0.385. The molecule has 0 saturated carbocycles. The zero-order valence-corrected chi connectivity index (χ0v) is 15.3. The van der Waals surface area contributed by atoms with Crippen molar-refractivity contribution < 1.29 is 24.0 Å². The smallest absolute Gasteiger partial charge is 0.328 e. The predicted molar refractivity (Wildman–Crippen MR) is 101 cm³/mol. The second kappa shape index (κ2) is 9.26. The van der Waals surface area contributed by atoms with Gasteiger partial charge in [-0.1, -0.05) is 18.2 Å². The molecule has 2 rings (SSSR count). The average Bonchev–Trinajstić information content (AvgIpc) is 2.67. The van der Waals surface area contributed by atoms with E-state index in [4.69, 9.17) is 4.74 Å². The zero-order chi connectivity index (χ0) is 20.7. The summed E-state index contributed by atoms with van der Waals surface area (Å²) in [4.78, 5) is 46.2. The van der Waals surface area contributed by atoms with Crippen LogP contribution in [0.1, 0.15) is 22.8 Å². The summed E-state index contributed by atoms with van der Waals surface area (Å²) in [6.07, 6.45) is -0.0977. The second-order valence-corrected chi connectivity index (χ2v) is 5.90. The fourth-order valence-corrected chi connectivity index (χ4v) is 2.57. The van der Waals surface area contributed by atoms with Crippen molar-refractivity contribution in [2.75, 3.05) is 12.4 Å². The molecule has 9 heteroatoms. The normalized spacial score (nSPS) is 11.2. The maximum absolute atomic E-state index is 12.5. The number of esters is 1. The molecule has 1 atom stereocenters. The van der Waals surface area contributed by atoms with Crippen molar-refractivity contribution >= 4 is 29.2 Å². The van der Waals surface area contributed by atoms with Gasteiger partial charge in [-0.2, -0.15) is 0 Å². The summed E-state index contributed by atoms with van der Waals surface area (Å²) in [5, 5.41) is 16.3. The molecule has 2 aromatic rings. The van der Waals surface area contributed by atoms with E-state index in [-0.39, 0.29) is 23.6 Å². The van der Waals surface area contributed by atoms with Crippen LogP contribution >= 0.6 is 0 Å². The van der Waals surface area contributed by atoms with Gasteiger partial charge in [0.25, 0.3) is 11.6 Å². The van der Waals surface area contributed by atoms with Crippen LogP contribution in [0, 0.1) is 10.1 Å². The van der Waals surface area contributed by atoms with E-state index >= 15 is 0 Å². The van der Waals surface area contributed by atoms with Crippen molar-refractivity contribution in [3.8, 4) is 0 Å². The maximum Gasteiger partial charge on any atom is 0.328 e. The summed E-state index contributed by atoms with van der Waals surface area (Å²) in [6.45, 7) is 1.37. The van der Waals surface area contributed by atoms with E-state index in [9.17, 15) is 24.5 Å². The Morgan fingerprint density at radius 2 is 1.75 bits per heavy atom. The van der Waals surface area contributed by atoms with E-state index < -0.39 is 22.8 Å². The molecule has 146 valence electrons. The summed E-state index contributed by atoms with van der Waals surface area (Å²) in [6, 6.07) is 10.9. The first-order chi connectivity index (χ1) is 13.3. The average molecular weight is 385 g/mol. The van der Waals surface area contributed by atoms with Gasteiger partial charge in [0.1, 0.15) is 6.04 Å². The van der Waals surface area contributed by atoms with Gasteiger partial charge in [0, 0.05) is 36.2 Å². The Morgan fingerprint density at radius 3 is 2.32 bits per heavy atom. The first-order valence-corrected chi connectivity index (χ1v) is 8.30. The van der Waals surface area contributed by atoms with E-state index in [1.807, 2.05) is 0 Å². The van der Waals surface area contributed by atoms with Gasteiger partial charge in [-0.05, 0) is 24.3 Å². The fourth-order valence-electron chi connectivity index (χ4n) is 2.57. The first-order valence-electron chi connectivity index (χ1n) is 8.30. The number of hydrogen-bond acceptors (Lipinski definition) is 6. The SMILES string of the molecule is COC(=O)[C@H](Cc1ccccc1[N+](=O)[O-])NC(=O)c1ccc(NC(C)=O)cc1. The van der Waals surface area contributed by atoms with E-state index in [0.717, 1.165) is 0 Å². The number of amides is 2. The van der Waals surface area contributed by atoms with Crippen LogP contribution in [0.4, 0.5) is 11.4 Å². The summed E-state index contributed by atoms with van der Waals surface area (Å²) < 4.78 is 4.71. The van der Waals surface area contributed by atoms with Crippen LogP contribution in [0.2, 0.25) is 0 Å². The number of para-hydroxylation sites is 1. The van der Waals surface area contributed by atoms with Gasteiger partial charge in [-0.25, -0.2) is 4.79 Å². The standard InChI is InChI=1S/C19H19N3O6/c1-12(23)20-15-9-7-13(8-10-15)18(24)21-16(19(25)28-2)11-14-5-3-4-6-17(14)22(26)27/h3-10,16H,11H2,1-2H3,(H,20,23)(H,21,24)/t16-/m0/s1. The van der Waals surface area contributed by atoms with Gasteiger partial charge in [-0.15, -0.1) is 0 Å². The van der Waals surface area contributed by atoms with E-state index in [0.29, 0.717) is 11.3 Å². The summed E-state index contributed by atoms with van der Waals surface area (Å²) in [7, 11) is 1.17. The molecule has 28 heavy (non-hydrogen) atoms. The highest BCUT2D eigenvalue weighted by molar-refractivity contribution is 5.97. The first kappa shape index (κ1) is 20.6. The molecule has 0 aromatic heterocycles. The number of methoxy groups -OCH3 is 1. The van der Waals surface area contributed by atoms with Gasteiger partial charge in [-0.3, -0.25) is 19.7 Å². The van der Waals surface area contributed by atoms with Gasteiger partial charge in [0.15, 0.2) is 0 Å². The fraction of sp³-hybridized carbons (Fsp3) is 0.211. The molecule has 0 heterocycles. The molecular formula is C19H19N3O6. The molecule has 0 bridgehead atoms. The topological polar surface area (TPSA) is 128 Å². The number of anilines is 1. The highest BCUT2D eigenvalue weighted by Gasteiger charge is 2.26. The van der Waals surface area contributed by atoms with Crippen LogP contribution in [0.25, 0.3) is 0 Å². The van der Waals surface area contributed by atoms with Gasteiger partial charge >= 0.3 is 5.97 Å². The van der Waals surface area contributed by atoms with Crippen molar-refractivity contribution in [3.05, 3.63) is 69.8 Å². The minimum atomic E-state index is -1.10. The van der Waals surface area contributed by atoms with Crippen molar-refractivity contribution in [3.63, 3.8) is 0 Å². The minimum Gasteiger partial charge on any atom is -0.467 e. The number of nitrogens with zero attached hydrogens (tertiary/aromatic N) is 1. The van der Waals surface area contributed by atoms with Crippen LogP contribution in [0.15, 0.2) is 48.5 Å². The molecule has 9 nitrogen and oxygen atoms in total. The maximum atomic E-state index is 12.5. The number of nitro benzene ring substituents is 1. The molecule has 0 radical (unpaired) electrons. The zero-order valence-electron chi connectivity index (χ0n) is 15.3. The van der Waals surface area contributed by atoms with E-state index in [1.165, 1.54) is 44.4 Å². The third kappa shape index (κ3) is 5.37. The number of ether oxygens (including phenoxy) is 1. The molecule has 0 aliphatic carbocycles. The molecule has 0 aliphatic heterocycles. The lowest BCUT2D eigenvalue weighted by atomic mass is 10.0. The van der Waals surface area contributed by atoms with E-state index in [2.05, 4.69) is 10.6 Å². The summed E-state index contributed by atoms with van der Waals surface area (Å²) in [5.41, 5.74) is 0.925. The highest BCUT2D eigenvalue weighted by Crippen LogP contribution is 2.20. The highest BCUT2D eigenvalue weighted by atomic mass is 16.6. The van der Waals surface area contributed by atoms with Crippen LogP contribution in [0.3, 0.4) is 0 Å². The monoisotopic (exact) mass is 385 g/mol. The Hall–Kier alpha value is -3.75. The van der Waals surface area contributed by atoms with Gasteiger partial charge in [0.2, 0.25) is 5.91 Å². The number of nitrogens with one attached hydrogen (secondary N) is 2. The number of nitro groups is 1. The second-order valence-electron chi connectivity index (χ2n) is 5.90. The van der Waals surface area contributed by atoms with Crippen LogP contribution in [-0.2, 0) is 20.7 Å². The number of carbonyl (C=O) groups excluding carboxylic acids is 3. The lowest BCUT2D eigenvalue weighted by Crippen LogP contribution is -2.43. The third-order valence-electron chi connectivity index (χ3n) is 3.87. The summed E-state index contributed by atoms with van der Waals surface area (Å²) in [5.74, 6) is -1.52. The van der Waals surface area contributed by atoms with Gasteiger partial charge in [0.05, 0.1) is 12.0 Å². The predicted octanol–water partition coefficient (Wildman–Crippen LogP) is 2.07. The van der Waals surface area contributed by atoms with Crippen LogP contribution in [-0.4, -0.2) is 35.9 Å². The molecule has 0 saturated heterocycles. The number of benzene rings is 2. The van der Waals surface area contributed by atoms with E-state index in [1.54, 1.807) is 18.2 Å². The van der Waals surface area contributed by atoms with Crippen molar-refractivity contribution in [2.45, 2.75) is 19.4 Å². The number of carbonyl (C=O) groups is 3. The van der Waals surface area contributed by atoms with Crippen molar-refractivity contribution in [1.82, 2.24) is 5.32 Å². The molecule has 2 N–H and O–H groups in total. The molecule has 0 aliphatic rings. The molecule has 2 amide bonds. The minimum absolute atomic E-state index is 0.0977. The number of hydrogen-bond donors (Lipinski definition) is 2. The molecular weight excluding hydrogens is 366 g/mol. The van der Waals surface area contributed by atoms with Gasteiger partial charge < -0.3 is 15.4 Å². The largest absolute Gasteiger partial charge is 0.467 e. The Kier molecular flexibility index (Phi) is 6.80.